The highest BCUT2D eigenvalue weighted by molar-refractivity contribution is 7.89. The van der Waals surface area contributed by atoms with Gasteiger partial charge in [-0.1, -0.05) is 24.3 Å². The van der Waals surface area contributed by atoms with Gasteiger partial charge >= 0.3 is 0 Å². The van der Waals surface area contributed by atoms with Crippen molar-refractivity contribution in [3.63, 3.8) is 0 Å². The molecule has 3 atom stereocenters. The molecule has 4 rings (SSSR count). The highest BCUT2D eigenvalue weighted by atomic mass is 32.2. The molecule has 23 heavy (non-hydrogen) atoms. The van der Waals surface area contributed by atoms with E-state index in [1.54, 1.807) is 0 Å². The van der Waals surface area contributed by atoms with E-state index in [2.05, 4.69) is 29.0 Å². The van der Waals surface area contributed by atoms with Crippen LogP contribution in [0, 0.1) is 5.92 Å². The first-order valence-electron chi connectivity index (χ1n) is 8.76. The van der Waals surface area contributed by atoms with Crippen molar-refractivity contribution < 1.29 is 13.2 Å². The minimum Gasteiger partial charge on any atom is -0.378 e. The lowest BCUT2D eigenvalue weighted by Gasteiger charge is -2.13. The first-order chi connectivity index (χ1) is 11.1. The van der Waals surface area contributed by atoms with Gasteiger partial charge in [0.1, 0.15) is 0 Å². The summed E-state index contributed by atoms with van der Waals surface area (Å²) in [6.45, 7) is 1.37. The van der Waals surface area contributed by atoms with Gasteiger partial charge in [0.25, 0.3) is 0 Å². The smallest absolute Gasteiger partial charge is 0.211 e. The maximum atomic E-state index is 12.2. The zero-order chi connectivity index (χ0) is 15.9. The fourth-order valence-corrected chi connectivity index (χ4v) is 5.63. The van der Waals surface area contributed by atoms with Crippen LogP contribution in [0.4, 0.5) is 0 Å². The Kier molecular flexibility index (Phi) is 3.98. The highest BCUT2D eigenvalue weighted by Crippen LogP contribution is 2.61. The third kappa shape index (κ3) is 3.06. The fourth-order valence-electron chi connectivity index (χ4n) is 4.46. The monoisotopic (exact) mass is 335 g/mol. The van der Waals surface area contributed by atoms with Crippen LogP contribution < -0.4 is 4.72 Å². The maximum absolute atomic E-state index is 12.2. The zero-order valence-corrected chi connectivity index (χ0v) is 14.3. The largest absolute Gasteiger partial charge is 0.378 e. The number of ether oxygens (including phenoxy) is 1. The van der Waals surface area contributed by atoms with Crippen LogP contribution in [0.2, 0.25) is 0 Å². The van der Waals surface area contributed by atoms with Gasteiger partial charge in [0.15, 0.2) is 0 Å². The fraction of sp³-hybridized carbons (Fsp3) is 0.667. The number of rotatable bonds is 6. The molecule has 3 aliphatic rings. The van der Waals surface area contributed by atoms with Crippen LogP contribution in [0.15, 0.2) is 24.3 Å². The van der Waals surface area contributed by atoms with Crippen LogP contribution in [0.25, 0.3) is 0 Å². The van der Waals surface area contributed by atoms with Crippen LogP contribution in [0.1, 0.15) is 43.2 Å². The molecule has 0 unspecified atom stereocenters. The lowest BCUT2D eigenvalue weighted by Crippen LogP contribution is -2.31. The van der Waals surface area contributed by atoms with Crippen molar-refractivity contribution in [1.29, 1.82) is 0 Å². The topological polar surface area (TPSA) is 55.4 Å². The molecule has 1 heterocycles. The molecule has 1 aromatic rings. The summed E-state index contributed by atoms with van der Waals surface area (Å²) in [5, 5.41) is 0. The van der Waals surface area contributed by atoms with Crippen molar-refractivity contribution in [2.24, 2.45) is 5.92 Å². The summed E-state index contributed by atoms with van der Waals surface area (Å²) in [6.07, 6.45) is 6.25. The molecule has 1 spiro atoms. The van der Waals surface area contributed by atoms with E-state index >= 15 is 0 Å². The third-order valence-electron chi connectivity index (χ3n) is 5.91. The lowest BCUT2D eigenvalue weighted by molar-refractivity contribution is 0.109. The number of fused-ring (bicyclic) bond motifs is 2. The molecular formula is C18H25NO3S. The molecule has 2 aliphatic carbocycles. The van der Waals surface area contributed by atoms with E-state index in [1.807, 2.05) is 0 Å². The SMILES string of the molecule is O=S(=O)(CC[C@@H]1CCCO1)NC[C@H]1C[C@@]12CCc1ccccc12. The molecule has 0 radical (unpaired) electrons. The number of hydrogen-bond acceptors (Lipinski definition) is 3. The van der Waals surface area contributed by atoms with Crippen LogP contribution in [0.5, 0.6) is 0 Å². The molecule has 0 aromatic heterocycles. The van der Waals surface area contributed by atoms with Crippen molar-refractivity contribution in [1.82, 2.24) is 4.72 Å². The van der Waals surface area contributed by atoms with Gasteiger partial charge in [-0.15, -0.1) is 0 Å². The van der Waals surface area contributed by atoms with Crippen molar-refractivity contribution in [2.45, 2.75) is 50.0 Å². The summed E-state index contributed by atoms with van der Waals surface area (Å²) >= 11 is 0. The van der Waals surface area contributed by atoms with Crippen molar-refractivity contribution in [2.75, 3.05) is 18.9 Å². The average molecular weight is 335 g/mol. The molecule has 4 nitrogen and oxygen atoms in total. The highest BCUT2D eigenvalue weighted by Gasteiger charge is 2.57. The van der Waals surface area contributed by atoms with Crippen LogP contribution in [-0.2, 0) is 26.6 Å². The Morgan fingerprint density at radius 3 is 3.00 bits per heavy atom. The standard InChI is InChI=1S/C18H25NO3S/c20-23(21,11-8-16-5-3-10-22-16)19-13-15-12-18(15)9-7-14-4-1-2-6-17(14)18/h1-2,4,6,15-16,19H,3,5,7-13H2/t15-,16+,18+/m1/s1. The summed E-state index contributed by atoms with van der Waals surface area (Å²) in [7, 11) is -3.18. The first-order valence-corrected chi connectivity index (χ1v) is 10.4. The lowest BCUT2D eigenvalue weighted by atomic mass is 9.95. The number of hydrogen-bond donors (Lipinski definition) is 1. The molecule has 0 amide bonds. The molecule has 2 fully saturated rings. The van der Waals surface area contributed by atoms with E-state index in [0.717, 1.165) is 32.3 Å². The second-order valence-electron chi connectivity index (χ2n) is 7.31. The molecule has 1 aromatic carbocycles. The normalized spacial score (nSPS) is 32.3. The Morgan fingerprint density at radius 2 is 2.17 bits per heavy atom. The van der Waals surface area contributed by atoms with Gasteiger partial charge < -0.3 is 4.74 Å². The molecular weight excluding hydrogens is 310 g/mol. The van der Waals surface area contributed by atoms with Crippen LogP contribution >= 0.6 is 0 Å². The van der Waals surface area contributed by atoms with E-state index in [-0.39, 0.29) is 17.3 Å². The van der Waals surface area contributed by atoms with Gasteiger partial charge in [-0.3, -0.25) is 0 Å². The molecule has 1 saturated heterocycles. The summed E-state index contributed by atoms with van der Waals surface area (Å²) in [6, 6.07) is 8.65. The van der Waals surface area contributed by atoms with Crippen molar-refractivity contribution in [3.05, 3.63) is 35.4 Å². The zero-order valence-electron chi connectivity index (χ0n) is 13.5. The summed E-state index contributed by atoms with van der Waals surface area (Å²) in [5.41, 5.74) is 3.17. The predicted molar refractivity (Wildman–Crippen MR) is 89.9 cm³/mol. The number of aryl methyl sites for hydroxylation is 1. The first kappa shape index (κ1) is 15.6. The van der Waals surface area contributed by atoms with Crippen molar-refractivity contribution in [3.8, 4) is 0 Å². The van der Waals surface area contributed by atoms with Crippen LogP contribution in [-0.4, -0.2) is 33.4 Å². The van der Waals surface area contributed by atoms with E-state index < -0.39 is 10.0 Å². The average Bonchev–Trinajstić information content (AvgIpc) is 2.88. The van der Waals surface area contributed by atoms with Gasteiger partial charge in [-0.2, -0.15) is 0 Å². The summed E-state index contributed by atoms with van der Waals surface area (Å²) in [4.78, 5) is 0. The predicted octanol–water partition coefficient (Wildman–Crippen LogP) is 2.38. The Labute approximate surface area is 138 Å². The Hall–Kier alpha value is -0.910. The molecule has 1 saturated carbocycles. The van der Waals surface area contributed by atoms with Gasteiger partial charge in [-0.25, -0.2) is 13.1 Å². The molecule has 1 N–H and O–H groups in total. The Bertz CT molecular complexity index is 681. The second-order valence-corrected chi connectivity index (χ2v) is 9.23. The number of nitrogens with one attached hydrogen (secondary N) is 1. The number of sulfonamides is 1. The van der Waals surface area contributed by atoms with E-state index in [1.165, 1.54) is 17.5 Å². The van der Waals surface area contributed by atoms with Gasteiger partial charge in [0.05, 0.1) is 11.9 Å². The van der Waals surface area contributed by atoms with Gasteiger partial charge in [0, 0.05) is 18.6 Å². The summed E-state index contributed by atoms with van der Waals surface area (Å²) in [5.74, 6) is 0.650. The quantitative estimate of drug-likeness (QED) is 0.868. The second kappa shape index (κ2) is 5.87. The summed E-state index contributed by atoms with van der Waals surface area (Å²) < 4.78 is 32.8. The third-order valence-corrected chi connectivity index (χ3v) is 7.29. The van der Waals surface area contributed by atoms with Gasteiger partial charge in [0.2, 0.25) is 10.0 Å². The van der Waals surface area contributed by atoms with E-state index in [9.17, 15) is 8.42 Å². The minimum absolute atomic E-state index is 0.139. The van der Waals surface area contributed by atoms with Crippen molar-refractivity contribution >= 4 is 10.0 Å². The maximum Gasteiger partial charge on any atom is 0.211 e. The van der Waals surface area contributed by atoms with E-state index in [0.29, 0.717) is 18.9 Å². The minimum atomic E-state index is -3.18. The number of benzene rings is 1. The Balaban J connectivity index is 1.31. The van der Waals surface area contributed by atoms with Crippen LogP contribution in [0.3, 0.4) is 0 Å². The molecule has 126 valence electrons. The van der Waals surface area contributed by atoms with Gasteiger partial charge in [-0.05, 0) is 55.6 Å². The molecule has 1 aliphatic heterocycles. The molecule has 0 bridgehead atoms. The van der Waals surface area contributed by atoms with E-state index in [4.69, 9.17) is 4.74 Å². The molecule has 5 heteroatoms. The Morgan fingerprint density at radius 1 is 1.30 bits per heavy atom.